The lowest BCUT2D eigenvalue weighted by molar-refractivity contribution is 0.0532. The number of esters is 1. The van der Waals surface area contributed by atoms with Gasteiger partial charge >= 0.3 is 5.97 Å². The van der Waals surface area contributed by atoms with E-state index in [0.29, 0.717) is 11.3 Å². The Hall–Kier alpha value is -3.08. The number of ether oxygens (including phenoxy) is 1. The second-order valence-corrected chi connectivity index (χ2v) is 10.4. The highest BCUT2D eigenvalue weighted by molar-refractivity contribution is 7.89. The summed E-state index contributed by atoms with van der Waals surface area (Å²) in [6, 6.07) is 14.7. The summed E-state index contributed by atoms with van der Waals surface area (Å²) < 4.78 is 31.9. The average molecular weight is 488 g/mol. The van der Waals surface area contributed by atoms with Crippen LogP contribution >= 0.6 is 11.3 Å². The van der Waals surface area contributed by atoms with Gasteiger partial charge in [0.25, 0.3) is 5.91 Å². The van der Waals surface area contributed by atoms with Gasteiger partial charge in [0.1, 0.15) is 4.88 Å². The van der Waals surface area contributed by atoms with E-state index in [1.807, 2.05) is 30.3 Å². The van der Waals surface area contributed by atoms with Crippen molar-refractivity contribution in [2.45, 2.75) is 31.7 Å². The van der Waals surface area contributed by atoms with Gasteiger partial charge in [0.05, 0.1) is 17.2 Å². The number of aromatic nitrogens is 1. The third-order valence-electron chi connectivity index (χ3n) is 4.86. The molecule has 0 fully saturated rings. The van der Waals surface area contributed by atoms with Crippen LogP contribution in [0.25, 0.3) is 11.3 Å². The van der Waals surface area contributed by atoms with Crippen molar-refractivity contribution in [2.75, 3.05) is 19.0 Å². The van der Waals surface area contributed by atoms with E-state index in [1.165, 1.54) is 35.6 Å². The van der Waals surface area contributed by atoms with Gasteiger partial charge in [-0.3, -0.25) is 10.1 Å². The fraction of sp³-hybridized carbons (Fsp3) is 0.261. The minimum atomic E-state index is -3.74. The number of sulfonamides is 1. The van der Waals surface area contributed by atoms with Crippen LogP contribution in [0.2, 0.25) is 0 Å². The Morgan fingerprint density at radius 1 is 1.12 bits per heavy atom. The summed E-state index contributed by atoms with van der Waals surface area (Å²) in [5, 5.41) is 2.87. The Morgan fingerprint density at radius 3 is 2.45 bits per heavy atom. The second-order valence-electron chi connectivity index (χ2n) is 7.38. The van der Waals surface area contributed by atoms with Crippen LogP contribution in [0.5, 0.6) is 0 Å². The Bertz CT molecular complexity index is 1250. The normalized spacial score (nSPS) is 11.6. The molecule has 2 aromatic carbocycles. The number of hydrogen-bond donors (Lipinski definition) is 1. The van der Waals surface area contributed by atoms with Gasteiger partial charge in [0, 0.05) is 24.2 Å². The highest BCUT2D eigenvalue weighted by Crippen LogP contribution is 2.32. The van der Waals surface area contributed by atoms with Crippen molar-refractivity contribution in [1.82, 2.24) is 9.29 Å². The summed E-state index contributed by atoms with van der Waals surface area (Å²) in [7, 11) is -2.25. The van der Waals surface area contributed by atoms with Gasteiger partial charge in [-0.2, -0.15) is 4.31 Å². The molecule has 0 spiro atoms. The number of nitrogens with one attached hydrogen (secondary N) is 1. The number of benzene rings is 2. The number of anilines is 1. The fourth-order valence-electron chi connectivity index (χ4n) is 2.91. The molecule has 1 N–H and O–H groups in total. The first-order chi connectivity index (χ1) is 15.6. The SMILES string of the molecule is CCOC(=O)c1sc(NC(=O)c2cccc(S(=O)(=O)N(C)C(C)C)c2)nc1-c1ccccc1. The summed E-state index contributed by atoms with van der Waals surface area (Å²) in [4.78, 5) is 30.0. The van der Waals surface area contributed by atoms with Crippen LogP contribution in [0.3, 0.4) is 0 Å². The molecule has 3 rings (SSSR count). The predicted octanol–water partition coefficient (Wildman–Crippen LogP) is 4.27. The van der Waals surface area contributed by atoms with Crippen molar-refractivity contribution >= 4 is 38.4 Å². The van der Waals surface area contributed by atoms with E-state index >= 15 is 0 Å². The number of thiazole rings is 1. The lowest BCUT2D eigenvalue weighted by Gasteiger charge is -2.21. The number of rotatable bonds is 8. The molecule has 10 heteroatoms. The van der Waals surface area contributed by atoms with E-state index in [0.717, 1.165) is 11.3 Å². The average Bonchev–Trinajstić information content (AvgIpc) is 3.23. The quantitative estimate of drug-likeness (QED) is 0.476. The van der Waals surface area contributed by atoms with Gasteiger partial charge in [-0.05, 0) is 39.0 Å². The molecular formula is C23H25N3O5S2. The van der Waals surface area contributed by atoms with E-state index in [2.05, 4.69) is 10.3 Å². The molecular weight excluding hydrogens is 462 g/mol. The van der Waals surface area contributed by atoms with Gasteiger partial charge in [0.15, 0.2) is 5.13 Å². The highest BCUT2D eigenvalue weighted by Gasteiger charge is 2.25. The third kappa shape index (κ3) is 5.47. The van der Waals surface area contributed by atoms with E-state index in [9.17, 15) is 18.0 Å². The largest absolute Gasteiger partial charge is 0.462 e. The molecule has 1 heterocycles. The van der Waals surface area contributed by atoms with E-state index < -0.39 is 21.9 Å². The Kier molecular flexibility index (Phi) is 7.62. The number of amides is 1. The first-order valence-corrected chi connectivity index (χ1v) is 12.5. The molecule has 0 unspecified atom stereocenters. The molecule has 3 aromatic rings. The standard InChI is InChI=1S/C23H25N3O5S2/c1-5-31-22(28)20-19(16-10-7-6-8-11-16)24-23(32-20)25-21(27)17-12-9-13-18(14-17)33(29,30)26(4)15(2)3/h6-15H,5H2,1-4H3,(H,24,25,27). The van der Waals surface area contributed by atoms with E-state index in [4.69, 9.17) is 4.74 Å². The maximum Gasteiger partial charge on any atom is 0.350 e. The van der Waals surface area contributed by atoms with Crippen LogP contribution in [0, 0.1) is 0 Å². The molecule has 33 heavy (non-hydrogen) atoms. The molecule has 174 valence electrons. The van der Waals surface area contributed by atoms with E-state index in [-0.39, 0.29) is 33.1 Å². The van der Waals surface area contributed by atoms with Crippen molar-refractivity contribution < 1.29 is 22.7 Å². The minimum Gasteiger partial charge on any atom is -0.462 e. The molecule has 0 aliphatic heterocycles. The maximum atomic E-state index is 12.9. The molecule has 0 aliphatic carbocycles. The van der Waals surface area contributed by atoms with E-state index in [1.54, 1.807) is 20.8 Å². The summed E-state index contributed by atoms with van der Waals surface area (Å²) in [6.45, 7) is 5.45. The topological polar surface area (TPSA) is 106 Å². The number of carbonyl (C=O) groups is 2. The second kappa shape index (κ2) is 10.2. The first-order valence-electron chi connectivity index (χ1n) is 10.3. The molecule has 0 saturated heterocycles. The van der Waals surface area contributed by atoms with Crippen LogP contribution < -0.4 is 5.32 Å². The Labute approximate surface area is 197 Å². The van der Waals surface area contributed by atoms with Crippen LogP contribution in [-0.4, -0.2) is 49.3 Å². The number of carbonyl (C=O) groups excluding carboxylic acids is 2. The molecule has 8 nitrogen and oxygen atoms in total. The highest BCUT2D eigenvalue weighted by atomic mass is 32.2. The third-order valence-corrected chi connectivity index (χ3v) is 7.84. The van der Waals surface area contributed by atoms with Crippen LogP contribution in [0.1, 0.15) is 40.8 Å². The lowest BCUT2D eigenvalue weighted by Crippen LogP contribution is -2.33. The van der Waals surface area contributed by atoms with Crippen molar-refractivity contribution in [2.24, 2.45) is 0 Å². The first kappa shape index (κ1) is 24.6. The van der Waals surface area contributed by atoms with Crippen LogP contribution in [-0.2, 0) is 14.8 Å². The van der Waals surface area contributed by atoms with Crippen molar-refractivity contribution in [3.05, 3.63) is 65.0 Å². The van der Waals surface area contributed by atoms with Gasteiger partial charge in [0.2, 0.25) is 10.0 Å². The van der Waals surface area contributed by atoms with Gasteiger partial charge < -0.3 is 4.74 Å². The summed E-state index contributed by atoms with van der Waals surface area (Å²) >= 11 is 1.000. The smallest absolute Gasteiger partial charge is 0.350 e. The zero-order valence-corrected chi connectivity index (χ0v) is 20.4. The zero-order valence-electron chi connectivity index (χ0n) is 18.7. The molecule has 0 saturated carbocycles. The van der Waals surface area contributed by atoms with Crippen molar-refractivity contribution in [3.8, 4) is 11.3 Å². The molecule has 1 amide bonds. The van der Waals surface area contributed by atoms with Gasteiger partial charge in [-0.25, -0.2) is 18.2 Å². The number of hydrogen-bond acceptors (Lipinski definition) is 7. The van der Waals surface area contributed by atoms with Gasteiger partial charge in [-0.15, -0.1) is 0 Å². The molecule has 0 radical (unpaired) electrons. The fourth-order valence-corrected chi connectivity index (χ4v) is 5.20. The molecule has 0 atom stereocenters. The summed E-state index contributed by atoms with van der Waals surface area (Å²) in [5.74, 6) is -1.07. The van der Waals surface area contributed by atoms with Crippen molar-refractivity contribution in [3.63, 3.8) is 0 Å². The van der Waals surface area contributed by atoms with Crippen molar-refractivity contribution in [1.29, 1.82) is 0 Å². The lowest BCUT2D eigenvalue weighted by atomic mass is 10.1. The molecule has 1 aromatic heterocycles. The molecule has 0 aliphatic rings. The van der Waals surface area contributed by atoms with Crippen LogP contribution in [0.4, 0.5) is 5.13 Å². The van der Waals surface area contributed by atoms with Crippen LogP contribution in [0.15, 0.2) is 59.5 Å². The number of nitrogens with zero attached hydrogens (tertiary/aromatic N) is 2. The molecule has 0 bridgehead atoms. The van der Waals surface area contributed by atoms with Gasteiger partial charge in [-0.1, -0.05) is 47.7 Å². The summed E-state index contributed by atoms with van der Waals surface area (Å²) in [5.41, 5.74) is 1.27. The Balaban J connectivity index is 1.92. The maximum absolute atomic E-state index is 12.9. The Morgan fingerprint density at radius 2 is 1.82 bits per heavy atom. The monoisotopic (exact) mass is 487 g/mol. The predicted molar refractivity (Wildman–Crippen MR) is 128 cm³/mol. The minimum absolute atomic E-state index is 0.0164. The zero-order chi connectivity index (χ0) is 24.2. The summed E-state index contributed by atoms with van der Waals surface area (Å²) in [6.07, 6.45) is 0.